The molecule has 0 fully saturated rings. The number of carbonyl (C=O) groups is 3. The van der Waals surface area contributed by atoms with E-state index in [4.69, 9.17) is 11.6 Å². The summed E-state index contributed by atoms with van der Waals surface area (Å²) >= 11 is 5.90. The van der Waals surface area contributed by atoms with Gasteiger partial charge in [0.1, 0.15) is 6.04 Å². The van der Waals surface area contributed by atoms with E-state index in [1.165, 1.54) is 0 Å². The van der Waals surface area contributed by atoms with Crippen LogP contribution in [0.3, 0.4) is 0 Å². The van der Waals surface area contributed by atoms with Crippen LogP contribution in [-0.4, -0.2) is 28.9 Å². The number of halogens is 1. The van der Waals surface area contributed by atoms with Crippen molar-refractivity contribution in [3.05, 3.63) is 70.7 Å². The second-order valence-corrected chi connectivity index (χ2v) is 6.93. The Balaban J connectivity index is 1.82. The molecule has 148 valence electrons. The van der Waals surface area contributed by atoms with Crippen LogP contribution in [0.25, 0.3) is 0 Å². The van der Waals surface area contributed by atoms with Crippen molar-refractivity contribution >= 4 is 29.4 Å². The minimum absolute atomic E-state index is 0.0213. The second kappa shape index (κ2) is 10.5. The highest BCUT2D eigenvalue weighted by molar-refractivity contribution is 6.30. The Kier molecular flexibility index (Phi) is 8.02. The maximum Gasteiger partial charge on any atom is 0.326 e. The fourth-order valence-electron chi connectivity index (χ4n) is 2.73. The number of rotatable bonds is 9. The SMILES string of the molecule is C[C@@H](NC(=O)CCC(=O)N[C@H](Cc1cccc(Cl)c1)C(=O)O)c1ccccc1. The van der Waals surface area contributed by atoms with Gasteiger partial charge in [-0.1, -0.05) is 54.1 Å². The Morgan fingerprint density at radius 3 is 2.21 bits per heavy atom. The first-order chi connectivity index (χ1) is 13.3. The van der Waals surface area contributed by atoms with Crippen molar-refractivity contribution in [2.75, 3.05) is 0 Å². The second-order valence-electron chi connectivity index (χ2n) is 6.49. The molecule has 2 aromatic carbocycles. The number of hydrogen-bond donors (Lipinski definition) is 3. The standard InChI is InChI=1S/C21H23ClN2O4/c1-14(16-7-3-2-4-8-16)23-19(25)10-11-20(26)24-18(21(27)28)13-15-6-5-9-17(22)12-15/h2-9,12,14,18H,10-11,13H2,1H3,(H,23,25)(H,24,26)(H,27,28)/t14-,18-/m1/s1. The van der Waals surface area contributed by atoms with Crippen LogP contribution in [0.5, 0.6) is 0 Å². The third-order valence-corrected chi connectivity index (χ3v) is 4.45. The first kappa shape index (κ1) is 21.4. The van der Waals surface area contributed by atoms with Gasteiger partial charge in [0, 0.05) is 24.3 Å². The molecule has 2 aromatic rings. The molecule has 0 bridgehead atoms. The first-order valence-corrected chi connectivity index (χ1v) is 9.34. The van der Waals surface area contributed by atoms with E-state index in [0.29, 0.717) is 10.6 Å². The molecule has 3 N–H and O–H groups in total. The van der Waals surface area contributed by atoms with Crippen molar-refractivity contribution in [3.63, 3.8) is 0 Å². The topological polar surface area (TPSA) is 95.5 Å². The molecule has 0 unspecified atom stereocenters. The molecule has 0 aromatic heterocycles. The van der Waals surface area contributed by atoms with E-state index in [9.17, 15) is 19.5 Å². The average Bonchev–Trinajstić information content (AvgIpc) is 2.66. The molecule has 0 saturated carbocycles. The van der Waals surface area contributed by atoms with Gasteiger partial charge < -0.3 is 15.7 Å². The van der Waals surface area contributed by atoms with Gasteiger partial charge >= 0.3 is 5.97 Å². The van der Waals surface area contributed by atoms with Gasteiger partial charge in [-0.25, -0.2) is 4.79 Å². The number of hydrogen-bond acceptors (Lipinski definition) is 3. The predicted molar refractivity (Wildman–Crippen MR) is 107 cm³/mol. The van der Waals surface area contributed by atoms with E-state index in [-0.39, 0.29) is 31.2 Å². The van der Waals surface area contributed by atoms with Gasteiger partial charge in [0.05, 0.1) is 6.04 Å². The molecule has 0 radical (unpaired) electrons. The Hall–Kier alpha value is -2.86. The molecule has 0 saturated heterocycles. The van der Waals surface area contributed by atoms with Crippen LogP contribution < -0.4 is 10.6 Å². The van der Waals surface area contributed by atoms with E-state index in [1.807, 2.05) is 37.3 Å². The highest BCUT2D eigenvalue weighted by Crippen LogP contribution is 2.13. The van der Waals surface area contributed by atoms with E-state index in [0.717, 1.165) is 5.56 Å². The van der Waals surface area contributed by atoms with Crippen LogP contribution in [0.1, 0.15) is 36.9 Å². The van der Waals surface area contributed by atoms with Crippen molar-refractivity contribution in [1.82, 2.24) is 10.6 Å². The van der Waals surface area contributed by atoms with Crippen LogP contribution in [0.4, 0.5) is 0 Å². The lowest BCUT2D eigenvalue weighted by molar-refractivity contribution is -0.141. The average molecular weight is 403 g/mol. The van der Waals surface area contributed by atoms with E-state index in [1.54, 1.807) is 24.3 Å². The van der Waals surface area contributed by atoms with Gasteiger partial charge in [-0.15, -0.1) is 0 Å². The predicted octanol–water partition coefficient (Wildman–Crippen LogP) is 3.11. The molecule has 2 atom stereocenters. The van der Waals surface area contributed by atoms with E-state index >= 15 is 0 Å². The Morgan fingerprint density at radius 2 is 1.61 bits per heavy atom. The molecule has 7 heteroatoms. The summed E-state index contributed by atoms with van der Waals surface area (Å²) in [7, 11) is 0. The minimum atomic E-state index is -1.14. The third-order valence-electron chi connectivity index (χ3n) is 4.22. The number of carboxylic acids is 1. The van der Waals surface area contributed by atoms with Crippen molar-refractivity contribution in [3.8, 4) is 0 Å². The zero-order valence-electron chi connectivity index (χ0n) is 15.5. The maximum atomic E-state index is 12.1. The molecule has 28 heavy (non-hydrogen) atoms. The minimum Gasteiger partial charge on any atom is -0.480 e. The maximum absolute atomic E-state index is 12.1. The number of carboxylic acid groups (broad SMARTS) is 1. The Morgan fingerprint density at radius 1 is 0.964 bits per heavy atom. The highest BCUT2D eigenvalue weighted by atomic mass is 35.5. The number of carbonyl (C=O) groups excluding carboxylic acids is 2. The van der Waals surface area contributed by atoms with Gasteiger partial charge in [0.25, 0.3) is 0 Å². The lowest BCUT2D eigenvalue weighted by atomic mass is 10.1. The molecule has 0 spiro atoms. The molecule has 6 nitrogen and oxygen atoms in total. The third kappa shape index (κ3) is 7.04. The van der Waals surface area contributed by atoms with Gasteiger partial charge in [0.2, 0.25) is 11.8 Å². The molecular formula is C21H23ClN2O4. The van der Waals surface area contributed by atoms with Crippen molar-refractivity contribution in [2.45, 2.75) is 38.3 Å². The van der Waals surface area contributed by atoms with Gasteiger partial charge in [-0.3, -0.25) is 9.59 Å². The normalized spacial score (nSPS) is 12.6. The summed E-state index contributed by atoms with van der Waals surface area (Å²) in [6, 6.07) is 15.0. The summed E-state index contributed by atoms with van der Waals surface area (Å²) < 4.78 is 0. The molecule has 2 rings (SSSR count). The van der Waals surface area contributed by atoms with Crippen molar-refractivity contribution in [1.29, 1.82) is 0 Å². The molecule has 0 aliphatic heterocycles. The lowest BCUT2D eigenvalue weighted by Gasteiger charge is -2.16. The van der Waals surface area contributed by atoms with Crippen LogP contribution in [-0.2, 0) is 20.8 Å². The summed E-state index contributed by atoms with van der Waals surface area (Å²) in [4.78, 5) is 35.6. The van der Waals surface area contributed by atoms with Crippen LogP contribution in [0.2, 0.25) is 5.02 Å². The van der Waals surface area contributed by atoms with Crippen molar-refractivity contribution < 1.29 is 19.5 Å². The zero-order chi connectivity index (χ0) is 20.5. The van der Waals surface area contributed by atoms with Gasteiger partial charge in [-0.2, -0.15) is 0 Å². The molecule has 0 heterocycles. The van der Waals surface area contributed by atoms with E-state index in [2.05, 4.69) is 10.6 Å². The molecular weight excluding hydrogens is 380 g/mol. The molecule has 0 aliphatic rings. The summed E-state index contributed by atoms with van der Waals surface area (Å²) in [5.41, 5.74) is 1.67. The largest absolute Gasteiger partial charge is 0.480 e. The molecule has 0 aliphatic carbocycles. The summed E-state index contributed by atoms with van der Waals surface area (Å²) in [6.07, 6.45) is -0.00193. The number of aliphatic carboxylic acids is 1. The lowest BCUT2D eigenvalue weighted by Crippen LogP contribution is -2.42. The van der Waals surface area contributed by atoms with Gasteiger partial charge in [0.15, 0.2) is 0 Å². The van der Waals surface area contributed by atoms with Gasteiger partial charge in [-0.05, 0) is 30.2 Å². The first-order valence-electron chi connectivity index (χ1n) is 8.96. The zero-order valence-corrected chi connectivity index (χ0v) is 16.3. The number of benzene rings is 2. The quantitative estimate of drug-likeness (QED) is 0.600. The number of amides is 2. The number of nitrogens with one attached hydrogen (secondary N) is 2. The summed E-state index contributed by atoms with van der Waals surface area (Å²) in [6.45, 7) is 1.86. The summed E-state index contributed by atoms with van der Waals surface area (Å²) in [5.74, 6) is -1.90. The Labute approximate surface area is 168 Å². The fourth-order valence-corrected chi connectivity index (χ4v) is 2.94. The van der Waals surface area contributed by atoms with Crippen LogP contribution in [0.15, 0.2) is 54.6 Å². The van der Waals surface area contributed by atoms with Crippen LogP contribution >= 0.6 is 11.6 Å². The smallest absolute Gasteiger partial charge is 0.326 e. The summed E-state index contributed by atoms with van der Waals surface area (Å²) in [5, 5.41) is 15.1. The van der Waals surface area contributed by atoms with Crippen molar-refractivity contribution in [2.24, 2.45) is 0 Å². The van der Waals surface area contributed by atoms with Crippen LogP contribution in [0, 0.1) is 0 Å². The molecule has 2 amide bonds. The Bertz CT molecular complexity index is 826. The monoisotopic (exact) mass is 402 g/mol. The fraction of sp³-hybridized carbons (Fsp3) is 0.286. The highest BCUT2D eigenvalue weighted by Gasteiger charge is 2.21. The van der Waals surface area contributed by atoms with E-state index < -0.39 is 17.9 Å².